The van der Waals surface area contributed by atoms with Gasteiger partial charge in [0.15, 0.2) is 5.75 Å². The molecule has 0 bridgehead atoms. The van der Waals surface area contributed by atoms with E-state index in [-0.39, 0.29) is 42.7 Å². The van der Waals surface area contributed by atoms with Crippen molar-refractivity contribution < 1.29 is 22.9 Å². The summed E-state index contributed by atoms with van der Waals surface area (Å²) < 4.78 is 32.3. The van der Waals surface area contributed by atoms with E-state index < -0.39 is 20.6 Å². The van der Waals surface area contributed by atoms with Gasteiger partial charge < -0.3 is 9.64 Å². The molecule has 1 heterocycles. The summed E-state index contributed by atoms with van der Waals surface area (Å²) in [6.07, 6.45) is 4.33. The van der Waals surface area contributed by atoms with Crippen molar-refractivity contribution in [3.05, 3.63) is 63.2 Å². The summed E-state index contributed by atoms with van der Waals surface area (Å²) >= 11 is 0. The fourth-order valence-corrected chi connectivity index (χ4v) is 5.75. The Kier molecular flexibility index (Phi) is 6.16. The summed E-state index contributed by atoms with van der Waals surface area (Å²) in [4.78, 5) is 25.0. The average Bonchev–Trinajstić information content (AvgIpc) is 2.82. The van der Waals surface area contributed by atoms with Crippen LogP contribution in [0.2, 0.25) is 0 Å². The Bertz CT molecular complexity index is 1160. The Labute approximate surface area is 186 Å². The Morgan fingerprint density at radius 3 is 2.34 bits per heavy atom. The lowest BCUT2D eigenvalue weighted by Crippen LogP contribution is -2.50. The largest absolute Gasteiger partial charge is 0.490 e. The van der Waals surface area contributed by atoms with Crippen molar-refractivity contribution >= 4 is 21.6 Å². The summed E-state index contributed by atoms with van der Waals surface area (Å²) in [5.41, 5.74) is 2.75. The molecule has 2 aromatic rings. The first-order valence-electron chi connectivity index (χ1n) is 10.5. The van der Waals surface area contributed by atoms with Crippen molar-refractivity contribution in [2.24, 2.45) is 0 Å². The zero-order valence-electron chi connectivity index (χ0n) is 17.8. The lowest BCUT2D eigenvalue weighted by Gasteiger charge is -2.34. The standard InChI is InChI=1S/C22H25N3O6S/c1-31-21-9-8-19(15-20(21)25(27)28)32(29,30)24-12-10-23(11-13-24)22(26)18-7-6-16-4-2-3-5-17(16)14-18/h6-9,14-15H,2-5,10-13H2,1H3. The number of benzene rings is 2. The van der Waals surface area contributed by atoms with Crippen molar-refractivity contribution in [1.29, 1.82) is 0 Å². The van der Waals surface area contributed by atoms with E-state index in [0.717, 1.165) is 25.3 Å². The number of nitro benzene ring substituents is 1. The molecule has 9 nitrogen and oxygen atoms in total. The number of carbonyl (C=O) groups excluding carboxylic acids is 1. The molecule has 10 heteroatoms. The van der Waals surface area contributed by atoms with E-state index in [0.29, 0.717) is 5.56 Å². The highest BCUT2D eigenvalue weighted by Crippen LogP contribution is 2.31. The van der Waals surface area contributed by atoms with Crippen LogP contribution in [-0.4, -0.2) is 61.7 Å². The summed E-state index contributed by atoms with van der Waals surface area (Å²) in [7, 11) is -2.65. The third-order valence-electron chi connectivity index (χ3n) is 6.11. The van der Waals surface area contributed by atoms with Gasteiger partial charge in [-0.3, -0.25) is 14.9 Å². The number of hydrogen-bond acceptors (Lipinski definition) is 6. The number of carbonyl (C=O) groups is 1. The van der Waals surface area contributed by atoms with Crippen LogP contribution in [0.5, 0.6) is 5.75 Å². The molecule has 1 amide bonds. The van der Waals surface area contributed by atoms with Gasteiger partial charge in [-0.25, -0.2) is 8.42 Å². The van der Waals surface area contributed by atoms with Gasteiger partial charge in [0, 0.05) is 37.8 Å². The molecule has 170 valence electrons. The van der Waals surface area contributed by atoms with Gasteiger partial charge in [-0.15, -0.1) is 0 Å². The molecule has 4 rings (SSSR count). The summed E-state index contributed by atoms with van der Waals surface area (Å²) in [6.45, 7) is 0.762. The number of methoxy groups -OCH3 is 1. The molecular weight excluding hydrogens is 434 g/mol. The quantitative estimate of drug-likeness (QED) is 0.502. The van der Waals surface area contributed by atoms with E-state index in [9.17, 15) is 23.3 Å². The maximum Gasteiger partial charge on any atom is 0.312 e. The Morgan fingerprint density at radius 2 is 1.69 bits per heavy atom. The molecular formula is C22H25N3O6S. The molecule has 0 spiro atoms. The van der Waals surface area contributed by atoms with Gasteiger partial charge >= 0.3 is 5.69 Å². The number of nitro groups is 1. The second-order valence-corrected chi connectivity index (χ2v) is 9.92. The molecule has 32 heavy (non-hydrogen) atoms. The lowest BCUT2D eigenvalue weighted by molar-refractivity contribution is -0.386. The molecule has 0 atom stereocenters. The minimum Gasteiger partial charge on any atom is -0.490 e. The predicted molar refractivity (Wildman–Crippen MR) is 117 cm³/mol. The van der Waals surface area contributed by atoms with Crippen molar-refractivity contribution in [2.45, 2.75) is 30.6 Å². The second kappa shape index (κ2) is 8.87. The van der Waals surface area contributed by atoms with Gasteiger partial charge in [0.25, 0.3) is 5.91 Å². The molecule has 1 aliphatic carbocycles. The lowest BCUT2D eigenvalue weighted by atomic mass is 9.90. The number of rotatable bonds is 5. The van der Waals surface area contributed by atoms with Gasteiger partial charge in [0.2, 0.25) is 10.0 Å². The minimum atomic E-state index is -3.93. The van der Waals surface area contributed by atoms with Crippen LogP contribution in [0.1, 0.15) is 34.3 Å². The van der Waals surface area contributed by atoms with Crippen LogP contribution in [-0.2, 0) is 22.9 Å². The SMILES string of the molecule is COc1ccc(S(=O)(=O)N2CCN(C(=O)c3ccc4c(c3)CCCC4)CC2)cc1[N+](=O)[O-]. The van der Waals surface area contributed by atoms with Gasteiger partial charge in [-0.05, 0) is 61.1 Å². The van der Waals surface area contributed by atoms with Crippen LogP contribution in [0.3, 0.4) is 0 Å². The Hall–Kier alpha value is -2.98. The van der Waals surface area contributed by atoms with E-state index in [1.165, 1.54) is 41.1 Å². The van der Waals surface area contributed by atoms with Crippen LogP contribution in [0.4, 0.5) is 5.69 Å². The van der Waals surface area contributed by atoms with Crippen molar-refractivity contribution in [1.82, 2.24) is 9.21 Å². The molecule has 2 aliphatic rings. The highest BCUT2D eigenvalue weighted by molar-refractivity contribution is 7.89. The average molecular weight is 460 g/mol. The van der Waals surface area contributed by atoms with E-state index in [4.69, 9.17) is 4.74 Å². The van der Waals surface area contributed by atoms with Crippen LogP contribution in [0, 0.1) is 10.1 Å². The van der Waals surface area contributed by atoms with Crippen molar-refractivity contribution in [2.75, 3.05) is 33.3 Å². The van der Waals surface area contributed by atoms with Gasteiger partial charge in [0.1, 0.15) is 0 Å². The first-order chi connectivity index (χ1) is 15.3. The molecule has 0 aromatic heterocycles. The third kappa shape index (κ3) is 4.20. The summed E-state index contributed by atoms with van der Waals surface area (Å²) in [5, 5.41) is 11.3. The van der Waals surface area contributed by atoms with Crippen molar-refractivity contribution in [3.63, 3.8) is 0 Å². The fraction of sp³-hybridized carbons (Fsp3) is 0.409. The number of fused-ring (bicyclic) bond motifs is 1. The van der Waals surface area contributed by atoms with E-state index in [2.05, 4.69) is 0 Å². The molecule has 1 aliphatic heterocycles. The van der Waals surface area contributed by atoms with Gasteiger partial charge in [-0.2, -0.15) is 4.31 Å². The van der Waals surface area contributed by atoms with E-state index >= 15 is 0 Å². The van der Waals surface area contributed by atoms with Crippen LogP contribution in [0.25, 0.3) is 0 Å². The fourth-order valence-electron chi connectivity index (χ4n) is 4.30. The number of ether oxygens (including phenoxy) is 1. The molecule has 1 fully saturated rings. The number of piperazine rings is 1. The van der Waals surface area contributed by atoms with Crippen LogP contribution in [0.15, 0.2) is 41.3 Å². The monoisotopic (exact) mass is 459 g/mol. The molecule has 2 aromatic carbocycles. The van der Waals surface area contributed by atoms with E-state index in [1.807, 2.05) is 18.2 Å². The first-order valence-corrected chi connectivity index (χ1v) is 12.0. The number of aryl methyl sites for hydroxylation is 2. The second-order valence-electron chi connectivity index (χ2n) is 7.98. The predicted octanol–water partition coefficient (Wildman–Crippen LogP) is 2.63. The number of nitrogens with zero attached hydrogens (tertiary/aromatic N) is 3. The third-order valence-corrected chi connectivity index (χ3v) is 8.00. The van der Waals surface area contributed by atoms with Gasteiger partial charge in [0.05, 0.1) is 16.9 Å². The zero-order valence-corrected chi connectivity index (χ0v) is 18.6. The highest BCUT2D eigenvalue weighted by atomic mass is 32.2. The molecule has 1 saturated heterocycles. The molecule has 0 radical (unpaired) electrons. The number of hydrogen-bond donors (Lipinski definition) is 0. The summed E-state index contributed by atoms with van der Waals surface area (Å²) in [6, 6.07) is 9.44. The normalized spacial score (nSPS) is 17.0. The molecule has 0 unspecified atom stereocenters. The Balaban J connectivity index is 1.47. The van der Waals surface area contributed by atoms with Crippen LogP contribution >= 0.6 is 0 Å². The maximum absolute atomic E-state index is 13.0. The first kappa shape index (κ1) is 22.2. The topological polar surface area (TPSA) is 110 Å². The molecule has 0 saturated carbocycles. The highest BCUT2D eigenvalue weighted by Gasteiger charge is 2.32. The van der Waals surface area contributed by atoms with Crippen LogP contribution < -0.4 is 4.74 Å². The zero-order chi connectivity index (χ0) is 22.9. The number of amides is 1. The Morgan fingerprint density at radius 1 is 1.00 bits per heavy atom. The molecule has 0 N–H and O–H groups in total. The summed E-state index contributed by atoms with van der Waals surface area (Å²) in [5.74, 6) is -0.107. The van der Waals surface area contributed by atoms with Crippen molar-refractivity contribution in [3.8, 4) is 5.75 Å². The minimum absolute atomic E-state index is 0.00517. The maximum atomic E-state index is 13.0. The van der Waals surface area contributed by atoms with Gasteiger partial charge in [-0.1, -0.05) is 6.07 Å². The smallest absolute Gasteiger partial charge is 0.312 e. The number of sulfonamides is 1. The van der Waals surface area contributed by atoms with E-state index in [1.54, 1.807) is 4.90 Å².